The molecule has 0 aliphatic carbocycles. The van der Waals surface area contributed by atoms with Crippen molar-refractivity contribution < 1.29 is 53.1 Å². The highest BCUT2D eigenvalue weighted by molar-refractivity contribution is 7.75. The van der Waals surface area contributed by atoms with E-state index in [1.54, 1.807) is 36.5 Å². The van der Waals surface area contributed by atoms with E-state index in [1.165, 1.54) is 36.5 Å². The van der Waals surface area contributed by atoms with Crippen LogP contribution in [0.1, 0.15) is 0 Å². The molecule has 42 heavy (non-hydrogen) atoms. The van der Waals surface area contributed by atoms with Gasteiger partial charge in [-0.1, -0.05) is 12.1 Å². The van der Waals surface area contributed by atoms with Crippen LogP contribution in [0, 0.1) is 0 Å². The number of aromatic nitrogens is 2. The lowest BCUT2D eigenvalue weighted by atomic mass is 9.96. The Morgan fingerprint density at radius 3 is 1.55 bits per heavy atom. The van der Waals surface area contributed by atoms with Crippen molar-refractivity contribution in [2.75, 3.05) is 0 Å². The molecule has 0 amide bonds. The fraction of sp³-hybridized carbons (Fsp3) is 0. The van der Waals surface area contributed by atoms with Crippen LogP contribution >= 0.6 is 12.9 Å². The first-order chi connectivity index (χ1) is 20.2. The summed E-state index contributed by atoms with van der Waals surface area (Å²) in [6.07, 6.45) is 3.06. The molecular formula is C24H16N2O12S4. The van der Waals surface area contributed by atoms with Gasteiger partial charge in [-0.25, -0.2) is 0 Å². The molecular weight excluding hydrogens is 637 g/mol. The third-order valence-corrected chi connectivity index (χ3v) is 6.81. The van der Waals surface area contributed by atoms with Gasteiger partial charge in [0.05, 0.1) is 11.0 Å². The summed E-state index contributed by atoms with van der Waals surface area (Å²) in [5.41, 5.74) is 2.94. The van der Waals surface area contributed by atoms with Crippen LogP contribution in [0.4, 0.5) is 0 Å². The number of rotatable bonds is 11. The molecule has 5 aromatic rings. The summed E-state index contributed by atoms with van der Waals surface area (Å²) >= 11 is -4.43. The van der Waals surface area contributed by atoms with E-state index in [-0.39, 0.29) is 23.0 Å². The van der Waals surface area contributed by atoms with Gasteiger partial charge < -0.3 is 17.4 Å². The van der Waals surface area contributed by atoms with Crippen molar-refractivity contribution in [3.05, 3.63) is 73.1 Å². The van der Waals surface area contributed by atoms with Gasteiger partial charge in [0.25, 0.3) is 0 Å². The molecule has 0 spiro atoms. The maximum Gasteiger partial charge on any atom is 0.357 e. The van der Waals surface area contributed by atoms with Gasteiger partial charge in [-0.3, -0.25) is 23.6 Å². The van der Waals surface area contributed by atoms with Crippen LogP contribution in [-0.4, -0.2) is 36.3 Å². The van der Waals surface area contributed by atoms with Gasteiger partial charge in [0.2, 0.25) is 0 Å². The highest BCUT2D eigenvalue weighted by Gasteiger charge is 2.19. The van der Waals surface area contributed by atoms with Crippen molar-refractivity contribution in [3.63, 3.8) is 0 Å². The number of hydrogen-bond donors (Lipinski definition) is 4. The van der Waals surface area contributed by atoms with Crippen LogP contribution in [-0.2, 0) is 43.5 Å². The Hall–Kier alpha value is -3.72. The minimum atomic E-state index is -2.71. The molecule has 218 valence electrons. The highest BCUT2D eigenvalue weighted by Crippen LogP contribution is 2.41. The highest BCUT2D eigenvalue weighted by atomic mass is 32.2. The first-order valence-electron chi connectivity index (χ1n) is 11.2. The Balaban J connectivity index is 1.68. The minimum Gasteiger partial charge on any atom is -0.380 e. The van der Waals surface area contributed by atoms with E-state index in [4.69, 9.17) is 26.5 Å². The van der Waals surface area contributed by atoms with Gasteiger partial charge >= 0.3 is 34.1 Å². The quantitative estimate of drug-likeness (QED) is 0.0381. The molecule has 3 N–H and O–H groups in total. The first-order valence-corrected chi connectivity index (χ1v) is 14.7. The second-order valence-electron chi connectivity index (χ2n) is 8.02. The summed E-state index contributed by atoms with van der Waals surface area (Å²) in [5, 5.41) is 5.74. The Morgan fingerprint density at radius 1 is 0.595 bits per heavy atom. The van der Waals surface area contributed by atoms with E-state index in [0.29, 0.717) is 44.1 Å². The molecule has 0 fully saturated rings. The SMILES string of the molecule is O=S(O)Oc1ccc(-c2ccnc3c2ccc2c(-c4ccc(OS(=O)O)cc4OS(=O)O)ccnc23)c(OOOS)c1. The molecule has 18 heteroatoms. The smallest absolute Gasteiger partial charge is 0.357 e. The van der Waals surface area contributed by atoms with Crippen LogP contribution in [0.15, 0.2) is 73.1 Å². The predicted octanol–water partition coefficient (Wildman–Crippen LogP) is 4.75. The molecule has 0 aliphatic heterocycles. The maximum atomic E-state index is 11.5. The number of pyridine rings is 2. The lowest BCUT2D eigenvalue weighted by Crippen LogP contribution is -2.02. The Bertz CT molecular complexity index is 1870. The van der Waals surface area contributed by atoms with E-state index in [0.717, 1.165) is 0 Å². The second kappa shape index (κ2) is 13.1. The van der Waals surface area contributed by atoms with Gasteiger partial charge in [0.1, 0.15) is 11.5 Å². The van der Waals surface area contributed by atoms with Gasteiger partial charge in [-0.2, -0.15) is 12.6 Å². The standard InChI is InChI=1S/C24H16N2O12S4/c27-40(28)34-13-1-3-17(21(11-13)33-37-38-39)15-7-9-25-23-19(15)5-6-20-16(8-10-26-24(20)23)18-4-2-14(35-41(29)30)12-22(18)36-42(31)32/h1-12,39H,(H,27,28)(H,29,30)(H,31,32). The van der Waals surface area contributed by atoms with Crippen LogP contribution in [0.3, 0.4) is 0 Å². The molecule has 14 nitrogen and oxygen atoms in total. The molecule has 0 aliphatic rings. The normalized spacial score (nSPS) is 13.4. The Morgan fingerprint density at radius 2 is 1.07 bits per heavy atom. The third-order valence-electron chi connectivity index (χ3n) is 5.76. The zero-order valence-electron chi connectivity index (χ0n) is 20.5. The van der Waals surface area contributed by atoms with E-state index < -0.39 is 34.1 Å². The Kier molecular flexibility index (Phi) is 9.26. The average molecular weight is 653 g/mol. The van der Waals surface area contributed by atoms with Crippen molar-refractivity contribution in [1.82, 2.24) is 9.97 Å². The van der Waals surface area contributed by atoms with Gasteiger partial charge in [0.15, 0.2) is 11.5 Å². The minimum absolute atomic E-state index is 0.0101. The number of benzene rings is 3. The summed E-state index contributed by atoms with van der Waals surface area (Å²) in [5.74, 6) is -0.0864. The molecule has 2 aromatic heterocycles. The van der Waals surface area contributed by atoms with Gasteiger partial charge in [0, 0.05) is 59.3 Å². The van der Waals surface area contributed by atoms with Gasteiger partial charge in [-0.05, 0) is 52.6 Å². The molecule has 3 aromatic carbocycles. The number of hydrogen-bond acceptors (Lipinski definition) is 12. The van der Waals surface area contributed by atoms with Gasteiger partial charge in [-0.15, -0.1) is 4.33 Å². The zero-order valence-corrected chi connectivity index (χ0v) is 23.9. The Labute approximate surface area is 249 Å². The molecule has 0 radical (unpaired) electrons. The number of fused-ring (bicyclic) bond motifs is 3. The third kappa shape index (κ3) is 6.51. The van der Waals surface area contributed by atoms with Crippen molar-refractivity contribution in [1.29, 1.82) is 0 Å². The molecule has 3 unspecified atom stereocenters. The monoisotopic (exact) mass is 652 g/mol. The van der Waals surface area contributed by atoms with Crippen molar-refractivity contribution in [2.24, 2.45) is 0 Å². The average Bonchev–Trinajstić information content (AvgIpc) is 2.95. The topological polar surface area (TPSA) is 193 Å². The summed E-state index contributed by atoms with van der Waals surface area (Å²) in [6.45, 7) is 0. The van der Waals surface area contributed by atoms with Crippen molar-refractivity contribution >= 4 is 68.8 Å². The maximum absolute atomic E-state index is 11.5. The molecule has 5 rings (SSSR count). The molecule has 0 bridgehead atoms. The van der Waals surface area contributed by atoms with Crippen LogP contribution in [0.5, 0.6) is 23.0 Å². The van der Waals surface area contributed by atoms with E-state index >= 15 is 0 Å². The molecule has 0 saturated heterocycles. The van der Waals surface area contributed by atoms with E-state index in [1.807, 2.05) is 0 Å². The lowest BCUT2D eigenvalue weighted by Gasteiger charge is -2.15. The first kappa shape index (κ1) is 29.8. The van der Waals surface area contributed by atoms with E-state index in [2.05, 4.69) is 32.2 Å². The summed E-state index contributed by atoms with van der Waals surface area (Å²) < 4.78 is 80.1. The molecule has 3 atom stereocenters. The number of nitrogens with zero attached hydrogens (tertiary/aromatic N) is 2. The predicted molar refractivity (Wildman–Crippen MR) is 154 cm³/mol. The molecule has 0 saturated carbocycles. The van der Waals surface area contributed by atoms with E-state index in [9.17, 15) is 17.2 Å². The van der Waals surface area contributed by atoms with Crippen LogP contribution in [0.2, 0.25) is 0 Å². The number of thiol groups is 1. The fourth-order valence-corrected chi connectivity index (χ4v) is 5.14. The van der Waals surface area contributed by atoms with Crippen LogP contribution in [0.25, 0.3) is 44.1 Å². The second-order valence-corrected chi connectivity index (χ2v) is 9.97. The lowest BCUT2D eigenvalue weighted by molar-refractivity contribution is -0.402. The van der Waals surface area contributed by atoms with Crippen molar-refractivity contribution in [2.45, 2.75) is 0 Å². The fourth-order valence-electron chi connectivity index (χ4n) is 4.28. The summed E-state index contributed by atoms with van der Waals surface area (Å²) in [4.78, 5) is 14.2. The van der Waals surface area contributed by atoms with Crippen molar-refractivity contribution in [3.8, 4) is 45.3 Å². The summed E-state index contributed by atoms with van der Waals surface area (Å²) in [7, 11) is 0. The summed E-state index contributed by atoms with van der Waals surface area (Å²) in [6, 6.07) is 15.4. The largest absolute Gasteiger partial charge is 0.380 e. The van der Waals surface area contributed by atoms with Crippen LogP contribution < -0.4 is 17.4 Å². The molecule has 2 heterocycles. The zero-order chi connectivity index (χ0) is 29.8.